The van der Waals surface area contributed by atoms with E-state index in [0.717, 1.165) is 46.5 Å². The number of piperazine rings is 1. The lowest BCUT2D eigenvalue weighted by Crippen LogP contribution is -2.48. The van der Waals surface area contributed by atoms with Crippen LogP contribution in [-0.2, 0) is 11.3 Å². The first-order chi connectivity index (χ1) is 12.7. The second-order valence-electron chi connectivity index (χ2n) is 6.44. The van der Waals surface area contributed by atoms with Crippen molar-refractivity contribution in [3.8, 4) is 0 Å². The van der Waals surface area contributed by atoms with E-state index in [4.69, 9.17) is 11.6 Å². The molecule has 0 aromatic carbocycles. The van der Waals surface area contributed by atoms with Crippen LogP contribution in [0, 0.1) is 0 Å². The molecule has 0 atom stereocenters. The molecule has 140 valence electrons. The lowest BCUT2D eigenvalue weighted by molar-refractivity contribution is -0.130. The van der Waals surface area contributed by atoms with Crippen molar-refractivity contribution in [1.29, 1.82) is 0 Å². The average Bonchev–Trinajstić information content (AvgIpc) is 3.18. The normalized spacial score (nSPS) is 18.3. The lowest BCUT2D eigenvalue weighted by atomic mass is 10.3. The highest BCUT2D eigenvalue weighted by Gasteiger charge is 2.24. The molecule has 2 aliphatic rings. The fraction of sp³-hybridized carbons (Fsp3) is 0.562. The van der Waals surface area contributed by atoms with Crippen LogP contribution >= 0.6 is 46.0 Å². The van der Waals surface area contributed by atoms with Gasteiger partial charge in [-0.1, -0.05) is 34.7 Å². The maximum absolute atomic E-state index is 12.4. The van der Waals surface area contributed by atoms with Gasteiger partial charge in [0.05, 0.1) is 10.1 Å². The summed E-state index contributed by atoms with van der Waals surface area (Å²) in [6, 6.07) is 4.59. The van der Waals surface area contributed by atoms with Crippen molar-refractivity contribution < 1.29 is 4.79 Å². The number of carbonyl (C=O) groups is 1. The van der Waals surface area contributed by atoms with E-state index in [1.807, 2.05) is 11.0 Å². The van der Waals surface area contributed by atoms with Gasteiger partial charge in [0.15, 0.2) is 4.34 Å². The van der Waals surface area contributed by atoms with Crippen LogP contribution in [0.3, 0.4) is 0 Å². The molecule has 1 amide bonds. The number of halogens is 1. The summed E-state index contributed by atoms with van der Waals surface area (Å²) in [5.74, 6) is 0.610. The van der Waals surface area contributed by atoms with Crippen molar-refractivity contribution >= 4 is 57.1 Å². The second-order valence-corrected chi connectivity index (χ2v) is 10.4. The summed E-state index contributed by atoms with van der Waals surface area (Å²) >= 11 is 10.6. The van der Waals surface area contributed by atoms with Crippen LogP contribution in [0.5, 0.6) is 0 Å². The van der Waals surface area contributed by atoms with Gasteiger partial charge >= 0.3 is 0 Å². The summed E-state index contributed by atoms with van der Waals surface area (Å²) in [7, 11) is 0. The molecular weight excluding hydrogens is 410 g/mol. The Morgan fingerprint density at radius 3 is 2.73 bits per heavy atom. The van der Waals surface area contributed by atoms with E-state index in [1.165, 1.54) is 40.8 Å². The molecule has 10 heteroatoms. The zero-order valence-corrected chi connectivity index (χ0v) is 17.4. The summed E-state index contributed by atoms with van der Waals surface area (Å²) in [6.45, 7) is 4.28. The number of thioether (sulfide) groups is 1. The maximum Gasteiger partial charge on any atom is 0.233 e. The van der Waals surface area contributed by atoms with E-state index in [2.05, 4.69) is 26.5 Å². The largest absolute Gasteiger partial charge is 0.357 e. The van der Waals surface area contributed by atoms with Gasteiger partial charge in [-0.25, -0.2) is 0 Å². The van der Waals surface area contributed by atoms with Gasteiger partial charge in [-0.05, 0) is 25.0 Å². The first-order valence-corrected chi connectivity index (χ1v) is 11.6. The SMILES string of the molecule is O=C(CSc1nnc(NC2CC2)s1)N1CCN(Cc2ccc(Cl)s2)CC1. The van der Waals surface area contributed by atoms with Crippen LogP contribution in [0.2, 0.25) is 4.34 Å². The minimum Gasteiger partial charge on any atom is -0.357 e. The third-order valence-corrected chi connectivity index (χ3v) is 7.55. The molecule has 1 saturated carbocycles. The Morgan fingerprint density at radius 1 is 1.23 bits per heavy atom. The molecule has 1 aliphatic heterocycles. The highest BCUT2D eigenvalue weighted by atomic mass is 35.5. The molecule has 0 radical (unpaired) electrons. The van der Waals surface area contributed by atoms with Crippen LogP contribution in [0.25, 0.3) is 0 Å². The molecule has 1 N–H and O–H groups in total. The van der Waals surface area contributed by atoms with Crippen molar-refractivity contribution in [2.24, 2.45) is 0 Å². The van der Waals surface area contributed by atoms with E-state index in [1.54, 1.807) is 11.3 Å². The Labute approximate surface area is 169 Å². The Balaban J connectivity index is 1.19. The van der Waals surface area contributed by atoms with E-state index in [9.17, 15) is 4.79 Å². The molecule has 26 heavy (non-hydrogen) atoms. The topological polar surface area (TPSA) is 61.4 Å². The standard InChI is InChI=1S/C16H20ClN5OS3/c17-13-4-3-12(25-13)9-21-5-7-22(8-6-21)14(23)10-24-16-20-19-15(26-16)18-11-1-2-11/h3-4,11H,1-2,5-10H2,(H,18,19). The Hall–Kier alpha value is -0.870. The zero-order valence-electron chi connectivity index (χ0n) is 14.2. The Bertz CT molecular complexity index is 755. The Kier molecular flexibility index (Phi) is 6.00. The fourth-order valence-electron chi connectivity index (χ4n) is 2.76. The molecule has 0 bridgehead atoms. The number of nitrogens with zero attached hydrogens (tertiary/aromatic N) is 4. The van der Waals surface area contributed by atoms with Crippen LogP contribution in [0.15, 0.2) is 16.5 Å². The molecule has 2 aromatic rings. The molecule has 0 unspecified atom stereocenters. The van der Waals surface area contributed by atoms with Gasteiger partial charge in [0.1, 0.15) is 0 Å². The van der Waals surface area contributed by atoms with Crippen molar-refractivity contribution in [2.75, 3.05) is 37.2 Å². The summed E-state index contributed by atoms with van der Waals surface area (Å²) in [6.07, 6.45) is 2.43. The van der Waals surface area contributed by atoms with Crippen LogP contribution < -0.4 is 5.32 Å². The number of hydrogen-bond acceptors (Lipinski definition) is 8. The van der Waals surface area contributed by atoms with Crippen LogP contribution in [0.4, 0.5) is 5.13 Å². The molecule has 2 fully saturated rings. The number of thiophene rings is 1. The summed E-state index contributed by atoms with van der Waals surface area (Å²) in [5, 5.41) is 12.5. The number of hydrogen-bond donors (Lipinski definition) is 1. The smallest absolute Gasteiger partial charge is 0.233 e. The van der Waals surface area contributed by atoms with Crippen molar-refractivity contribution in [2.45, 2.75) is 29.8 Å². The van der Waals surface area contributed by atoms with E-state index in [-0.39, 0.29) is 5.91 Å². The van der Waals surface area contributed by atoms with E-state index in [0.29, 0.717) is 11.8 Å². The van der Waals surface area contributed by atoms with Gasteiger partial charge in [-0.2, -0.15) is 0 Å². The predicted molar refractivity (Wildman–Crippen MR) is 108 cm³/mol. The molecule has 6 nitrogen and oxygen atoms in total. The molecule has 1 aliphatic carbocycles. The number of rotatable bonds is 7. The van der Waals surface area contributed by atoms with Gasteiger partial charge in [-0.3, -0.25) is 9.69 Å². The third-order valence-electron chi connectivity index (χ3n) is 4.36. The number of aromatic nitrogens is 2. The number of amides is 1. The van der Waals surface area contributed by atoms with Crippen molar-refractivity contribution in [1.82, 2.24) is 20.0 Å². The summed E-state index contributed by atoms with van der Waals surface area (Å²) in [5.41, 5.74) is 0. The molecule has 1 saturated heterocycles. The third kappa shape index (κ3) is 5.10. The zero-order chi connectivity index (χ0) is 17.9. The van der Waals surface area contributed by atoms with Gasteiger partial charge in [0.2, 0.25) is 11.0 Å². The summed E-state index contributed by atoms with van der Waals surface area (Å²) in [4.78, 5) is 18.0. The molecule has 3 heterocycles. The van der Waals surface area contributed by atoms with E-state index < -0.39 is 0 Å². The summed E-state index contributed by atoms with van der Waals surface area (Å²) < 4.78 is 1.69. The highest BCUT2D eigenvalue weighted by molar-refractivity contribution is 8.01. The number of anilines is 1. The molecule has 2 aromatic heterocycles. The molecular formula is C16H20ClN5OS3. The Morgan fingerprint density at radius 2 is 2.04 bits per heavy atom. The van der Waals surface area contributed by atoms with Gasteiger partial charge in [-0.15, -0.1) is 21.5 Å². The van der Waals surface area contributed by atoms with Gasteiger partial charge in [0, 0.05) is 43.6 Å². The predicted octanol–water partition coefficient (Wildman–Crippen LogP) is 3.26. The second kappa shape index (κ2) is 8.43. The van der Waals surface area contributed by atoms with Crippen molar-refractivity contribution in [3.05, 3.63) is 21.3 Å². The van der Waals surface area contributed by atoms with E-state index >= 15 is 0 Å². The first-order valence-electron chi connectivity index (χ1n) is 8.63. The average molecular weight is 430 g/mol. The van der Waals surface area contributed by atoms with Gasteiger partial charge in [0.25, 0.3) is 0 Å². The first kappa shape index (κ1) is 18.5. The number of nitrogens with one attached hydrogen (secondary N) is 1. The minimum atomic E-state index is 0.181. The maximum atomic E-state index is 12.4. The lowest BCUT2D eigenvalue weighted by Gasteiger charge is -2.34. The van der Waals surface area contributed by atoms with Crippen molar-refractivity contribution in [3.63, 3.8) is 0 Å². The molecule has 4 rings (SSSR count). The monoisotopic (exact) mass is 429 g/mol. The number of carbonyl (C=O) groups excluding carboxylic acids is 1. The van der Waals surface area contributed by atoms with Crippen LogP contribution in [0.1, 0.15) is 17.7 Å². The molecule has 0 spiro atoms. The fourth-order valence-corrected chi connectivity index (χ4v) is 5.62. The van der Waals surface area contributed by atoms with Crippen LogP contribution in [-0.4, -0.2) is 63.9 Å². The van der Waals surface area contributed by atoms with Gasteiger partial charge < -0.3 is 10.2 Å². The highest BCUT2D eigenvalue weighted by Crippen LogP contribution is 2.30. The quantitative estimate of drug-likeness (QED) is 0.681. The minimum absolute atomic E-state index is 0.181.